The maximum atomic E-state index is 4.48. The van der Waals surface area contributed by atoms with E-state index in [-0.39, 0.29) is 0 Å². The van der Waals surface area contributed by atoms with E-state index < -0.39 is 0 Å². The number of nitrogens with zero attached hydrogens (tertiary/aromatic N) is 6. The van der Waals surface area contributed by atoms with Crippen LogP contribution in [0.5, 0.6) is 0 Å². The number of likely N-dealkylation sites (N-methyl/N-ethyl adjacent to an activating group) is 1. The SMILES string of the molecule is CN(c1ccncn1)[C@H]1CCN(c2ncnc3[nH]ccc23)C1. The van der Waals surface area contributed by atoms with E-state index >= 15 is 0 Å². The largest absolute Gasteiger partial charge is 0.355 e. The van der Waals surface area contributed by atoms with Gasteiger partial charge in [-0.3, -0.25) is 0 Å². The molecule has 22 heavy (non-hydrogen) atoms. The standard InChI is InChI=1S/C15H17N7/c1-21(13-3-5-16-9-18-13)11-4-7-22(8-11)15-12-2-6-17-14(12)19-10-20-15/h2-3,5-6,9-11H,4,7-8H2,1H3,(H,17,19,20)/t11-/m0/s1. The van der Waals surface area contributed by atoms with Gasteiger partial charge >= 0.3 is 0 Å². The van der Waals surface area contributed by atoms with E-state index in [1.165, 1.54) is 0 Å². The molecular formula is C15H17N7. The molecule has 0 radical (unpaired) electrons. The molecule has 1 N–H and O–H groups in total. The molecule has 7 nitrogen and oxygen atoms in total. The summed E-state index contributed by atoms with van der Waals surface area (Å²) in [6, 6.07) is 4.39. The summed E-state index contributed by atoms with van der Waals surface area (Å²) in [5, 5.41) is 1.08. The van der Waals surface area contributed by atoms with E-state index in [0.29, 0.717) is 6.04 Å². The number of aromatic nitrogens is 5. The number of aromatic amines is 1. The predicted octanol–water partition coefficient (Wildman–Crippen LogP) is 1.46. The van der Waals surface area contributed by atoms with Crippen LogP contribution >= 0.6 is 0 Å². The van der Waals surface area contributed by atoms with Gasteiger partial charge in [0.2, 0.25) is 0 Å². The summed E-state index contributed by atoms with van der Waals surface area (Å²) in [6.07, 6.45) is 7.97. The van der Waals surface area contributed by atoms with Crippen molar-refractivity contribution in [3.05, 3.63) is 37.2 Å². The van der Waals surface area contributed by atoms with Crippen molar-refractivity contribution >= 4 is 22.7 Å². The molecule has 3 aromatic heterocycles. The number of hydrogen-bond acceptors (Lipinski definition) is 6. The van der Waals surface area contributed by atoms with Gasteiger partial charge in [0.25, 0.3) is 0 Å². The van der Waals surface area contributed by atoms with Crippen LogP contribution in [-0.2, 0) is 0 Å². The van der Waals surface area contributed by atoms with Crippen molar-refractivity contribution in [2.24, 2.45) is 0 Å². The highest BCUT2D eigenvalue weighted by atomic mass is 15.3. The second-order valence-electron chi connectivity index (χ2n) is 5.50. The van der Waals surface area contributed by atoms with Crippen LogP contribution in [0.3, 0.4) is 0 Å². The van der Waals surface area contributed by atoms with Gasteiger partial charge in [-0.2, -0.15) is 0 Å². The minimum absolute atomic E-state index is 0.416. The van der Waals surface area contributed by atoms with E-state index in [0.717, 1.165) is 42.2 Å². The highest BCUT2D eigenvalue weighted by molar-refractivity contribution is 5.87. The highest BCUT2D eigenvalue weighted by Gasteiger charge is 2.28. The first kappa shape index (κ1) is 13.0. The maximum Gasteiger partial charge on any atom is 0.142 e. The minimum atomic E-state index is 0.416. The summed E-state index contributed by atoms with van der Waals surface area (Å²) in [5.74, 6) is 1.96. The average Bonchev–Trinajstić information content (AvgIpc) is 3.24. The molecule has 7 heteroatoms. The maximum absolute atomic E-state index is 4.48. The summed E-state index contributed by atoms with van der Waals surface area (Å²) < 4.78 is 0. The Kier molecular flexibility index (Phi) is 3.10. The molecule has 1 aliphatic rings. The Labute approximate surface area is 128 Å². The van der Waals surface area contributed by atoms with Gasteiger partial charge in [0.05, 0.1) is 5.39 Å². The van der Waals surface area contributed by atoms with Crippen LogP contribution < -0.4 is 9.80 Å². The summed E-state index contributed by atoms with van der Waals surface area (Å²) in [5.41, 5.74) is 0.887. The van der Waals surface area contributed by atoms with Crippen molar-refractivity contribution in [1.29, 1.82) is 0 Å². The summed E-state index contributed by atoms with van der Waals surface area (Å²) >= 11 is 0. The minimum Gasteiger partial charge on any atom is -0.355 e. The Morgan fingerprint density at radius 1 is 1.23 bits per heavy atom. The first-order valence-electron chi connectivity index (χ1n) is 7.35. The first-order valence-corrected chi connectivity index (χ1v) is 7.35. The third-order valence-electron chi connectivity index (χ3n) is 4.27. The quantitative estimate of drug-likeness (QED) is 0.788. The number of rotatable bonds is 3. The Hall–Kier alpha value is -2.70. The molecule has 0 aromatic carbocycles. The second-order valence-corrected chi connectivity index (χ2v) is 5.50. The molecule has 0 unspecified atom stereocenters. The Morgan fingerprint density at radius 3 is 3.05 bits per heavy atom. The molecular weight excluding hydrogens is 278 g/mol. The molecule has 4 heterocycles. The van der Waals surface area contributed by atoms with Gasteiger partial charge in [0.15, 0.2) is 0 Å². The summed E-state index contributed by atoms with van der Waals surface area (Å²) in [6.45, 7) is 1.91. The van der Waals surface area contributed by atoms with Crippen molar-refractivity contribution < 1.29 is 0 Å². The monoisotopic (exact) mass is 295 g/mol. The van der Waals surface area contributed by atoms with Gasteiger partial charge in [0, 0.05) is 38.6 Å². The van der Waals surface area contributed by atoms with Crippen LogP contribution in [0, 0.1) is 0 Å². The zero-order valence-electron chi connectivity index (χ0n) is 12.3. The molecule has 0 aliphatic carbocycles. The summed E-state index contributed by atoms with van der Waals surface area (Å²) in [4.78, 5) is 24.7. The van der Waals surface area contributed by atoms with E-state index in [2.05, 4.69) is 41.8 Å². The van der Waals surface area contributed by atoms with Gasteiger partial charge in [-0.05, 0) is 18.6 Å². The topological polar surface area (TPSA) is 73.8 Å². The van der Waals surface area contributed by atoms with Crippen molar-refractivity contribution in [2.75, 3.05) is 29.9 Å². The third kappa shape index (κ3) is 2.14. The normalized spacial score (nSPS) is 18.0. The fraction of sp³-hybridized carbons (Fsp3) is 0.333. The van der Waals surface area contributed by atoms with Crippen molar-refractivity contribution in [3.8, 4) is 0 Å². The molecule has 0 spiro atoms. The molecule has 1 aliphatic heterocycles. The van der Waals surface area contributed by atoms with Crippen LogP contribution in [0.25, 0.3) is 11.0 Å². The van der Waals surface area contributed by atoms with Gasteiger partial charge in [-0.25, -0.2) is 19.9 Å². The van der Waals surface area contributed by atoms with E-state index in [1.807, 2.05) is 18.3 Å². The fourth-order valence-corrected chi connectivity index (χ4v) is 3.04. The van der Waals surface area contributed by atoms with Gasteiger partial charge in [-0.15, -0.1) is 0 Å². The molecule has 0 amide bonds. The lowest BCUT2D eigenvalue weighted by Gasteiger charge is -2.26. The Morgan fingerprint density at radius 2 is 2.18 bits per heavy atom. The molecule has 1 atom stereocenters. The predicted molar refractivity (Wildman–Crippen MR) is 84.9 cm³/mol. The van der Waals surface area contributed by atoms with Crippen molar-refractivity contribution in [2.45, 2.75) is 12.5 Å². The number of fused-ring (bicyclic) bond motifs is 1. The van der Waals surface area contributed by atoms with E-state index in [1.54, 1.807) is 18.9 Å². The van der Waals surface area contributed by atoms with Gasteiger partial charge in [-0.1, -0.05) is 0 Å². The van der Waals surface area contributed by atoms with Crippen LogP contribution in [0.2, 0.25) is 0 Å². The second kappa shape index (κ2) is 5.25. The number of H-pyrrole nitrogens is 1. The zero-order valence-corrected chi connectivity index (χ0v) is 12.3. The fourth-order valence-electron chi connectivity index (χ4n) is 3.04. The lowest BCUT2D eigenvalue weighted by atomic mass is 10.2. The molecule has 1 saturated heterocycles. The number of nitrogens with one attached hydrogen (secondary N) is 1. The van der Waals surface area contributed by atoms with Gasteiger partial charge in [0.1, 0.15) is 29.9 Å². The van der Waals surface area contributed by atoms with Crippen molar-refractivity contribution in [1.82, 2.24) is 24.9 Å². The Balaban J connectivity index is 1.56. The molecule has 0 saturated carbocycles. The van der Waals surface area contributed by atoms with Crippen molar-refractivity contribution in [3.63, 3.8) is 0 Å². The smallest absolute Gasteiger partial charge is 0.142 e. The highest BCUT2D eigenvalue weighted by Crippen LogP contribution is 2.27. The Bertz CT molecular complexity index is 770. The first-order chi connectivity index (χ1) is 10.8. The molecule has 1 fully saturated rings. The van der Waals surface area contributed by atoms with Crippen LogP contribution in [0.15, 0.2) is 37.2 Å². The zero-order chi connectivity index (χ0) is 14.9. The summed E-state index contributed by atoms with van der Waals surface area (Å²) in [7, 11) is 2.09. The van der Waals surface area contributed by atoms with Crippen LogP contribution in [-0.4, -0.2) is 51.1 Å². The van der Waals surface area contributed by atoms with Gasteiger partial charge < -0.3 is 14.8 Å². The number of hydrogen-bond donors (Lipinski definition) is 1. The van der Waals surface area contributed by atoms with Crippen LogP contribution in [0.1, 0.15) is 6.42 Å². The molecule has 112 valence electrons. The van der Waals surface area contributed by atoms with E-state index in [9.17, 15) is 0 Å². The number of anilines is 2. The average molecular weight is 295 g/mol. The van der Waals surface area contributed by atoms with Crippen LogP contribution in [0.4, 0.5) is 11.6 Å². The molecule has 3 aromatic rings. The molecule has 0 bridgehead atoms. The molecule has 4 rings (SSSR count). The lowest BCUT2D eigenvalue weighted by Crippen LogP contribution is -2.35. The lowest BCUT2D eigenvalue weighted by molar-refractivity contribution is 0.683. The van der Waals surface area contributed by atoms with E-state index in [4.69, 9.17) is 0 Å². The third-order valence-corrected chi connectivity index (χ3v) is 4.27.